The van der Waals surface area contributed by atoms with Crippen molar-refractivity contribution in [3.8, 4) is 0 Å². The summed E-state index contributed by atoms with van der Waals surface area (Å²) in [5, 5.41) is 9.14. The van der Waals surface area contributed by atoms with Crippen LogP contribution in [0.2, 0.25) is 0 Å². The molecule has 0 bridgehead atoms. The average Bonchev–Trinajstić information content (AvgIpc) is 3.05. The van der Waals surface area contributed by atoms with E-state index in [1.165, 1.54) is 6.07 Å². The first-order valence-corrected chi connectivity index (χ1v) is 8.61. The van der Waals surface area contributed by atoms with Crippen LogP contribution in [-0.4, -0.2) is 25.5 Å². The summed E-state index contributed by atoms with van der Waals surface area (Å²) in [6.07, 6.45) is 2.92. The Morgan fingerprint density at radius 2 is 2.00 bits per heavy atom. The predicted molar refractivity (Wildman–Crippen MR) is 80.0 cm³/mol. The molecule has 0 aliphatic heterocycles. The molecule has 1 aromatic rings. The van der Waals surface area contributed by atoms with Gasteiger partial charge in [0.05, 0.1) is 10.5 Å². The van der Waals surface area contributed by atoms with E-state index in [1.807, 2.05) is 0 Å². The van der Waals surface area contributed by atoms with Crippen LogP contribution in [0, 0.1) is 19.8 Å². The first kappa shape index (κ1) is 16.0. The van der Waals surface area contributed by atoms with Crippen molar-refractivity contribution in [1.82, 2.24) is 4.72 Å². The number of hydrogen-bond acceptors (Lipinski definition) is 3. The number of hydrogen-bond donors (Lipinski definition) is 2. The van der Waals surface area contributed by atoms with E-state index >= 15 is 0 Å². The number of aromatic carboxylic acids is 1. The van der Waals surface area contributed by atoms with Gasteiger partial charge in [-0.05, 0) is 49.8 Å². The number of nitrogens with one attached hydrogen (secondary N) is 1. The molecule has 0 aromatic heterocycles. The van der Waals surface area contributed by atoms with E-state index in [4.69, 9.17) is 5.11 Å². The number of carbonyl (C=O) groups is 1. The standard InChI is InChI=1S/C15H21NO4S/c1-4-5-11-7-13(11)16-21(19,20)14-8-12(15(17)18)9(2)6-10(14)3/h6,8,11,13,16H,4-5,7H2,1-3H3,(H,17,18). The average molecular weight is 311 g/mol. The van der Waals surface area contributed by atoms with Crippen molar-refractivity contribution in [3.05, 3.63) is 28.8 Å². The van der Waals surface area contributed by atoms with Crippen LogP contribution in [0.1, 0.15) is 47.7 Å². The highest BCUT2D eigenvalue weighted by Gasteiger charge is 2.39. The zero-order chi connectivity index (χ0) is 15.8. The Balaban J connectivity index is 2.28. The largest absolute Gasteiger partial charge is 0.478 e. The minimum Gasteiger partial charge on any atom is -0.478 e. The Hall–Kier alpha value is -1.40. The summed E-state index contributed by atoms with van der Waals surface area (Å²) in [5.41, 5.74) is 1.16. The van der Waals surface area contributed by atoms with Crippen molar-refractivity contribution in [2.45, 2.75) is 51.0 Å². The topological polar surface area (TPSA) is 83.5 Å². The molecular formula is C15H21NO4S. The number of carboxylic acids is 1. The van der Waals surface area contributed by atoms with Crippen LogP contribution in [0.15, 0.2) is 17.0 Å². The lowest BCUT2D eigenvalue weighted by atomic mass is 10.1. The quantitative estimate of drug-likeness (QED) is 0.845. The Bertz CT molecular complexity index is 666. The van der Waals surface area contributed by atoms with Crippen molar-refractivity contribution < 1.29 is 18.3 Å². The number of benzene rings is 1. The predicted octanol–water partition coefficient (Wildman–Crippen LogP) is 2.47. The molecule has 1 aliphatic rings. The van der Waals surface area contributed by atoms with Crippen molar-refractivity contribution >= 4 is 16.0 Å². The summed E-state index contributed by atoms with van der Waals surface area (Å²) in [6.45, 7) is 5.43. The van der Waals surface area contributed by atoms with Crippen LogP contribution < -0.4 is 4.72 Å². The highest BCUT2D eigenvalue weighted by Crippen LogP contribution is 2.36. The Labute approximate surface area is 125 Å². The van der Waals surface area contributed by atoms with Gasteiger partial charge in [0, 0.05) is 6.04 Å². The lowest BCUT2D eigenvalue weighted by molar-refractivity contribution is 0.0696. The maximum absolute atomic E-state index is 12.4. The molecule has 2 rings (SSSR count). The van der Waals surface area contributed by atoms with Gasteiger partial charge in [-0.25, -0.2) is 17.9 Å². The van der Waals surface area contributed by atoms with E-state index in [-0.39, 0.29) is 16.5 Å². The summed E-state index contributed by atoms with van der Waals surface area (Å²) in [6, 6.07) is 2.85. The molecule has 1 saturated carbocycles. The molecule has 0 spiro atoms. The van der Waals surface area contributed by atoms with E-state index in [0.717, 1.165) is 19.3 Å². The first-order valence-electron chi connectivity index (χ1n) is 7.13. The fourth-order valence-corrected chi connectivity index (χ4v) is 4.27. The Morgan fingerprint density at radius 3 is 2.57 bits per heavy atom. The fraction of sp³-hybridized carbons (Fsp3) is 0.533. The molecule has 21 heavy (non-hydrogen) atoms. The maximum Gasteiger partial charge on any atom is 0.335 e. The SMILES string of the molecule is CCCC1CC1NS(=O)(=O)c1cc(C(=O)O)c(C)cc1C. The summed E-state index contributed by atoms with van der Waals surface area (Å²) >= 11 is 0. The van der Waals surface area contributed by atoms with Gasteiger partial charge in [0.1, 0.15) is 0 Å². The molecule has 2 N–H and O–H groups in total. The van der Waals surface area contributed by atoms with Gasteiger partial charge in [0.15, 0.2) is 0 Å². The molecule has 6 heteroatoms. The van der Waals surface area contributed by atoms with Crippen LogP contribution in [0.3, 0.4) is 0 Å². The summed E-state index contributed by atoms with van der Waals surface area (Å²) < 4.78 is 27.6. The van der Waals surface area contributed by atoms with Gasteiger partial charge in [0.25, 0.3) is 0 Å². The molecule has 116 valence electrons. The van der Waals surface area contributed by atoms with Gasteiger partial charge in [-0.3, -0.25) is 0 Å². The number of aryl methyl sites for hydroxylation is 2. The second kappa shape index (κ2) is 5.77. The van der Waals surface area contributed by atoms with E-state index in [0.29, 0.717) is 17.0 Å². The molecule has 1 aromatic carbocycles. The van der Waals surface area contributed by atoms with E-state index < -0.39 is 16.0 Å². The zero-order valence-electron chi connectivity index (χ0n) is 12.5. The van der Waals surface area contributed by atoms with E-state index in [2.05, 4.69) is 11.6 Å². The second-order valence-corrected chi connectivity index (χ2v) is 7.43. The van der Waals surface area contributed by atoms with Crippen LogP contribution in [0.25, 0.3) is 0 Å². The third-order valence-corrected chi connectivity index (χ3v) is 5.56. The highest BCUT2D eigenvalue weighted by atomic mass is 32.2. The van der Waals surface area contributed by atoms with Crippen LogP contribution in [-0.2, 0) is 10.0 Å². The molecule has 0 saturated heterocycles. The summed E-state index contributed by atoms with van der Waals surface area (Å²) in [4.78, 5) is 11.2. The molecule has 1 aliphatic carbocycles. The first-order chi connectivity index (χ1) is 9.76. The van der Waals surface area contributed by atoms with Crippen LogP contribution in [0.5, 0.6) is 0 Å². The summed E-state index contributed by atoms with van der Waals surface area (Å²) in [5.74, 6) is -0.700. The molecule has 2 atom stereocenters. The normalized spacial score (nSPS) is 21.3. The maximum atomic E-state index is 12.4. The van der Waals surface area contributed by atoms with Crippen molar-refractivity contribution in [1.29, 1.82) is 0 Å². The lowest BCUT2D eigenvalue weighted by Gasteiger charge is -2.12. The molecule has 0 amide bonds. The minimum absolute atomic E-state index is 0.0102. The van der Waals surface area contributed by atoms with Crippen LogP contribution in [0.4, 0.5) is 0 Å². The van der Waals surface area contributed by atoms with Crippen molar-refractivity contribution in [2.24, 2.45) is 5.92 Å². The van der Waals surface area contributed by atoms with Gasteiger partial charge in [0.2, 0.25) is 10.0 Å². The Kier molecular flexibility index (Phi) is 4.39. The number of sulfonamides is 1. The van der Waals surface area contributed by atoms with Crippen LogP contribution >= 0.6 is 0 Å². The molecule has 0 radical (unpaired) electrons. The summed E-state index contributed by atoms with van der Waals surface area (Å²) in [7, 11) is -3.67. The smallest absolute Gasteiger partial charge is 0.335 e. The van der Waals surface area contributed by atoms with E-state index in [1.54, 1.807) is 19.9 Å². The van der Waals surface area contributed by atoms with Gasteiger partial charge in [-0.1, -0.05) is 19.4 Å². The highest BCUT2D eigenvalue weighted by molar-refractivity contribution is 7.89. The Morgan fingerprint density at radius 1 is 1.33 bits per heavy atom. The molecule has 2 unspecified atom stereocenters. The van der Waals surface area contributed by atoms with Gasteiger partial charge in [-0.2, -0.15) is 0 Å². The fourth-order valence-electron chi connectivity index (χ4n) is 2.70. The minimum atomic E-state index is -3.67. The van der Waals surface area contributed by atoms with Crippen molar-refractivity contribution in [2.75, 3.05) is 0 Å². The molecule has 1 fully saturated rings. The van der Waals surface area contributed by atoms with Gasteiger partial charge in [-0.15, -0.1) is 0 Å². The van der Waals surface area contributed by atoms with E-state index in [9.17, 15) is 13.2 Å². The third kappa shape index (κ3) is 3.44. The van der Waals surface area contributed by atoms with Gasteiger partial charge < -0.3 is 5.11 Å². The number of carboxylic acid groups (broad SMARTS) is 1. The van der Waals surface area contributed by atoms with Crippen molar-refractivity contribution in [3.63, 3.8) is 0 Å². The molecule has 0 heterocycles. The molecule has 5 nitrogen and oxygen atoms in total. The molecular weight excluding hydrogens is 290 g/mol. The monoisotopic (exact) mass is 311 g/mol. The number of rotatable bonds is 6. The zero-order valence-corrected chi connectivity index (χ0v) is 13.3. The van der Waals surface area contributed by atoms with Gasteiger partial charge >= 0.3 is 5.97 Å². The second-order valence-electron chi connectivity index (χ2n) is 5.75. The lowest BCUT2D eigenvalue weighted by Crippen LogP contribution is -2.28. The third-order valence-electron chi connectivity index (χ3n) is 3.93.